The average Bonchev–Trinajstić information content (AvgIpc) is 3.14. The third-order valence-corrected chi connectivity index (χ3v) is 5.02. The molecule has 0 saturated heterocycles. The van der Waals surface area contributed by atoms with Crippen molar-refractivity contribution in [2.45, 2.75) is 13.0 Å². The van der Waals surface area contributed by atoms with E-state index in [1.165, 1.54) is 0 Å². The number of ether oxygens (including phenoxy) is 1. The molecule has 1 unspecified atom stereocenters. The fraction of sp³-hybridized carbons (Fsp3) is 0.167. The van der Waals surface area contributed by atoms with E-state index in [1.54, 1.807) is 19.5 Å². The number of hydrazine groups is 1. The Balaban J connectivity index is 1.89. The Morgan fingerprint density at radius 2 is 1.83 bits per heavy atom. The number of hydrogen-bond acceptors (Lipinski definition) is 5. The first-order valence-corrected chi connectivity index (χ1v) is 9.46. The SMILES string of the molecule is COc1cc(C)cc(C2C(c3ccncc3)=CN(c3ccccc3)N2CC#N)c1. The summed E-state index contributed by atoms with van der Waals surface area (Å²) in [7, 11) is 1.68. The summed E-state index contributed by atoms with van der Waals surface area (Å²) in [5, 5.41) is 13.7. The van der Waals surface area contributed by atoms with Gasteiger partial charge in [-0.05, 0) is 60.0 Å². The highest BCUT2D eigenvalue weighted by molar-refractivity contribution is 5.77. The molecule has 1 aliphatic heterocycles. The van der Waals surface area contributed by atoms with Gasteiger partial charge in [-0.3, -0.25) is 9.99 Å². The molecule has 0 spiro atoms. The van der Waals surface area contributed by atoms with Crippen molar-refractivity contribution in [3.8, 4) is 11.8 Å². The van der Waals surface area contributed by atoms with Gasteiger partial charge in [0, 0.05) is 24.2 Å². The van der Waals surface area contributed by atoms with Crippen LogP contribution in [0.15, 0.2) is 79.3 Å². The molecule has 0 radical (unpaired) electrons. The van der Waals surface area contributed by atoms with Crippen molar-refractivity contribution in [3.05, 3.63) is 95.9 Å². The minimum atomic E-state index is -0.119. The van der Waals surface area contributed by atoms with Crippen molar-refractivity contribution < 1.29 is 4.74 Å². The maximum absolute atomic E-state index is 9.59. The third kappa shape index (κ3) is 3.71. The Labute approximate surface area is 171 Å². The summed E-state index contributed by atoms with van der Waals surface area (Å²) in [6.07, 6.45) is 5.70. The van der Waals surface area contributed by atoms with Crippen LogP contribution in [0.4, 0.5) is 5.69 Å². The minimum Gasteiger partial charge on any atom is -0.497 e. The van der Waals surface area contributed by atoms with Gasteiger partial charge in [0.05, 0.1) is 24.9 Å². The summed E-state index contributed by atoms with van der Waals surface area (Å²) >= 11 is 0. The maximum Gasteiger partial charge on any atom is 0.119 e. The molecule has 4 rings (SSSR count). The van der Waals surface area contributed by atoms with Crippen molar-refractivity contribution in [3.63, 3.8) is 0 Å². The third-order valence-electron chi connectivity index (χ3n) is 5.02. The Morgan fingerprint density at radius 1 is 1.07 bits per heavy atom. The summed E-state index contributed by atoms with van der Waals surface area (Å²) in [4.78, 5) is 4.16. The molecule has 3 aromatic rings. The summed E-state index contributed by atoms with van der Waals surface area (Å²) in [5.74, 6) is 0.809. The van der Waals surface area contributed by atoms with Crippen LogP contribution in [0.1, 0.15) is 22.7 Å². The van der Waals surface area contributed by atoms with Gasteiger partial charge < -0.3 is 4.74 Å². The maximum atomic E-state index is 9.59. The van der Waals surface area contributed by atoms with Gasteiger partial charge in [-0.25, -0.2) is 0 Å². The van der Waals surface area contributed by atoms with E-state index in [9.17, 15) is 5.26 Å². The van der Waals surface area contributed by atoms with Crippen molar-refractivity contribution in [1.82, 2.24) is 9.99 Å². The minimum absolute atomic E-state index is 0.119. The second-order valence-electron chi connectivity index (χ2n) is 6.94. The lowest BCUT2D eigenvalue weighted by Crippen LogP contribution is -2.37. The number of aryl methyl sites for hydroxylation is 1. The Hall–Kier alpha value is -3.62. The van der Waals surface area contributed by atoms with E-state index in [0.29, 0.717) is 0 Å². The number of rotatable bonds is 5. The lowest BCUT2D eigenvalue weighted by atomic mass is 9.93. The number of methoxy groups -OCH3 is 1. The Bertz CT molecular complexity index is 1060. The number of aromatic nitrogens is 1. The fourth-order valence-electron chi connectivity index (χ4n) is 3.79. The topological polar surface area (TPSA) is 52.4 Å². The van der Waals surface area contributed by atoms with E-state index in [-0.39, 0.29) is 12.6 Å². The highest BCUT2D eigenvalue weighted by Crippen LogP contribution is 2.44. The zero-order valence-electron chi connectivity index (χ0n) is 16.5. The van der Waals surface area contributed by atoms with Gasteiger partial charge in [-0.2, -0.15) is 10.3 Å². The van der Waals surface area contributed by atoms with E-state index >= 15 is 0 Å². The first-order valence-electron chi connectivity index (χ1n) is 9.46. The summed E-state index contributed by atoms with van der Waals surface area (Å²) in [5.41, 5.74) is 5.39. The van der Waals surface area contributed by atoms with Gasteiger partial charge in [-0.15, -0.1) is 0 Å². The molecule has 0 N–H and O–H groups in total. The normalized spacial score (nSPS) is 16.4. The molecule has 0 amide bonds. The molecule has 2 heterocycles. The number of benzene rings is 2. The van der Waals surface area contributed by atoms with E-state index in [1.807, 2.05) is 54.6 Å². The molecule has 5 heteroatoms. The molecule has 2 aromatic carbocycles. The van der Waals surface area contributed by atoms with Crippen LogP contribution in [0.5, 0.6) is 5.75 Å². The summed E-state index contributed by atoms with van der Waals surface area (Å²) in [6, 6.07) is 22.5. The van der Waals surface area contributed by atoms with Crippen LogP contribution < -0.4 is 9.75 Å². The molecule has 5 nitrogen and oxygen atoms in total. The first-order chi connectivity index (χ1) is 14.2. The lowest BCUT2D eigenvalue weighted by molar-refractivity contribution is 0.286. The second-order valence-corrected chi connectivity index (χ2v) is 6.94. The number of pyridine rings is 1. The number of anilines is 1. The molecule has 1 atom stereocenters. The second kappa shape index (κ2) is 8.17. The Kier molecular flexibility index (Phi) is 5.28. The van der Waals surface area contributed by atoms with Crippen LogP contribution >= 0.6 is 0 Å². The molecule has 0 saturated carbocycles. The van der Waals surface area contributed by atoms with Gasteiger partial charge in [0.15, 0.2) is 0 Å². The van der Waals surface area contributed by atoms with Crippen LogP contribution in [-0.2, 0) is 0 Å². The lowest BCUT2D eigenvalue weighted by Gasteiger charge is -2.33. The smallest absolute Gasteiger partial charge is 0.119 e. The highest BCUT2D eigenvalue weighted by atomic mass is 16.5. The van der Waals surface area contributed by atoms with Gasteiger partial charge in [-0.1, -0.05) is 24.3 Å². The molecule has 0 bridgehead atoms. The van der Waals surface area contributed by atoms with Gasteiger partial charge >= 0.3 is 0 Å². The van der Waals surface area contributed by atoms with Crippen LogP contribution in [0.3, 0.4) is 0 Å². The summed E-state index contributed by atoms with van der Waals surface area (Å²) < 4.78 is 5.52. The van der Waals surface area contributed by atoms with Crippen LogP contribution in [-0.4, -0.2) is 23.6 Å². The quantitative estimate of drug-likeness (QED) is 0.597. The molecule has 1 aromatic heterocycles. The van der Waals surface area contributed by atoms with Crippen molar-refractivity contribution in [1.29, 1.82) is 5.26 Å². The average molecular weight is 382 g/mol. The van der Waals surface area contributed by atoms with E-state index < -0.39 is 0 Å². The Morgan fingerprint density at radius 3 is 2.52 bits per heavy atom. The molecular formula is C24H22N4O. The number of hydrogen-bond donors (Lipinski definition) is 0. The zero-order chi connectivity index (χ0) is 20.2. The van der Waals surface area contributed by atoms with E-state index in [4.69, 9.17) is 4.74 Å². The molecule has 29 heavy (non-hydrogen) atoms. The van der Waals surface area contributed by atoms with Crippen LogP contribution in [0.2, 0.25) is 0 Å². The largest absolute Gasteiger partial charge is 0.497 e. The number of para-hydroxylation sites is 1. The number of nitriles is 1. The van der Waals surface area contributed by atoms with Crippen LogP contribution in [0, 0.1) is 18.3 Å². The number of nitrogens with zero attached hydrogens (tertiary/aromatic N) is 4. The predicted octanol–water partition coefficient (Wildman–Crippen LogP) is 4.74. The molecule has 0 aliphatic carbocycles. The monoisotopic (exact) mass is 382 g/mol. The van der Waals surface area contributed by atoms with Gasteiger partial charge in [0.1, 0.15) is 12.3 Å². The first kappa shape index (κ1) is 18.7. The van der Waals surface area contributed by atoms with Crippen molar-refractivity contribution in [2.24, 2.45) is 0 Å². The van der Waals surface area contributed by atoms with Crippen molar-refractivity contribution >= 4 is 11.3 Å². The van der Waals surface area contributed by atoms with E-state index in [0.717, 1.165) is 33.7 Å². The van der Waals surface area contributed by atoms with Crippen molar-refractivity contribution in [2.75, 3.05) is 18.7 Å². The van der Waals surface area contributed by atoms with Gasteiger partial charge in [0.2, 0.25) is 0 Å². The predicted molar refractivity (Wildman–Crippen MR) is 114 cm³/mol. The van der Waals surface area contributed by atoms with E-state index in [2.05, 4.69) is 40.3 Å². The van der Waals surface area contributed by atoms with Gasteiger partial charge in [0.25, 0.3) is 0 Å². The standard InChI is InChI=1S/C24H22N4O/c1-18-14-20(16-22(15-18)29-2)24-23(19-8-11-26-12-9-19)17-28(27(24)13-10-25)21-6-4-3-5-7-21/h3-9,11-12,14-17,24H,13H2,1-2H3. The highest BCUT2D eigenvalue weighted by Gasteiger charge is 2.36. The summed E-state index contributed by atoms with van der Waals surface area (Å²) in [6.45, 7) is 2.31. The molecule has 144 valence electrons. The van der Waals surface area contributed by atoms with Crippen LogP contribution in [0.25, 0.3) is 5.57 Å². The zero-order valence-corrected chi connectivity index (χ0v) is 16.5. The molecule has 1 aliphatic rings. The molecule has 0 fully saturated rings. The molecular weight excluding hydrogens is 360 g/mol. The fourth-order valence-corrected chi connectivity index (χ4v) is 3.79.